The highest BCUT2D eigenvalue weighted by Crippen LogP contribution is 2.24. The van der Waals surface area contributed by atoms with Gasteiger partial charge in [-0.2, -0.15) is 12.7 Å². The van der Waals surface area contributed by atoms with Crippen molar-refractivity contribution in [2.24, 2.45) is 5.92 Å². The molecule has 1 atom stereocenters. The first-order valence-corrected chi connectivity index (χ1v) is 15.4. The molecular weight excluding hydrogens is 611 g/mol. The number of anilines is 1. The largest absolute Gasteiger partial charge is 0.354 e. The Bertz CT molecular complexity index is 1420. The maximum Gasteiger partial charge on any atom is 0.304 e. The summed E-state index contributed by atoms with van der Waals surface area (Å²) in [5.74, 6) is -1.63. The SMILES string of the molecule is CC(C)CNC(=O)[C@@H](Cc1ccccc1)N(Cc1ccc(Br)cc1)C(=O)CN(c1ccccc1F)S(=O)(=O)N(C)C. The van der Waals surface area contributed by atoms with E-state index < -0.39 is 34.5 Å². The highest BCUT2D eigenvalue weighted by Gasteiger charge is 2.35. The van der Waals surface area contributed by atoms with E-state index in [1.54, 1.807) is 0 Å². The summed E-state index contributed by atoms with van der Waals surface area (Å²) in [7, 11) is -1.65. The number of halogens is 2. The molecule has 0 bridgehead atoms. The number of nitrogens with one attached hydrogen (secondary N) is 1. The second-order valence-electron chi connectivity index (χ2n) is 10.2. The van der Waals surface area contributed by atoms with E-state index in [0.29, 0.717) is 6.54 Å². The van der Waals surface area contributed by atoms with Crippen molar-refractivity contribution < 1.29 is 22.4 Å². The topological polar surface area (TPSA) is 90.0 Å². The van der Waals surface area contributed by atoms with Crippen LogP contribution in [0, 0.1) is 11.7 Å². The highest BCUT2D eigenvalue weighted by molar-refractivity contribution is 9.10. The predicted octanol–water partition coefficient (Wildman–Crippen LogP) is 4.61. The van der Waals surface area contributed by atoms with Crippen LogP contribution in [0.4, 0.5) is 10.1 Å². The first kappa shape index (κ1) is 32.2. The molecule has 2 amide bonds. The lowest BCUT2D eigenvalue weighted by Crippen LogP contribution is -2.54. The third-order valence-electron chi connectivity index (χ3n) is 6.36. The van der Waals surface area contributed by atoms with Gasteiger partial charge in [-0.3, -0.25) is 9.59 Å². The fourth-order valence-corrected chi connectivity index (χ4v) is 5.45. The molecule has 0 heterocycles. The zero-order valence-corrected chi connectivity index (χ0v) is 26.0. The lowest BCUT2D eigenvalue weighted by atomic mass is 10.0. The normalized spacial score (nSPS) is 12.3. The van der Waals surface area contributed by atoms with Crippen molar-refractivity contribution in [2.75, 3.05) is 31.5 Å². The quantitative estimate of drug-likeness (QED) is 0.294. The summed E-state index contributed by atoms with van der Waals surface area (Å²) in [4.78, 5) is 29.2. The Morgan fingerprint density at radius 1 is 0.902 bits per heavy atom. The van der Waals surface area contributed by atoms with E-state index >= 15 is 0 Å². The smallest absolute Gasteiger partial charge is 0.304 e. The fourth-order valence-electron chi connectivity index (χ4n) is 4.12. The van der Waals surface area contributed by atoms with Crippen molar-refractivity contribution in [1.29, 1.82) is 0 Å². The molecule has 41 heavy (non-hydrogen) atoms. The van der Waals surface area contributed by atoms with Gasteiger partial charge in [0.1, 0.15) is 18.4 Å². The molecule has 0 radical (unpaired) electrons. The molecule has 0 aliphatic rings. The van der Waals surface area contributed by atoms with Crippen LogP contribution in [0.2, 0.25) is 0 Å². The van der Waals surface area contributed by atoms with Crippen molar-refractivity contribution in [1.82, 2.24) is 14.5 Å². The first-order valence-electron chi connectivity index (χ1n) is 13.2. The molecule has 0 saturated heterocycles. The average molecular weight is 648 g/mol. The Labute approximate surface area is 250 Å². The zero-order chi connectivity index (χ0) is 30.2. The van der Waals surface area contributed by atoms with Gasteiger partial charge in [0.2, 0.25) is 11.8 Å². The van der Waals surface area contributed by atoms with Crippen LogP contribution in [0.1, 0.15) is 25.0 Å². The van der Waals surface area contributed by atoms with Gasteiger partial charge in [-0.25, -0.2) is 8.70 Å². The van der Waals surface area contributed by atoms with Crippen molar-refractivity contribution in [3.8, 4) is 0 Å². The van der Waals surface area contributed by atoms with Crippen LogP contribution in [0.3, 0.4) is 0 Å². The van der Waals surface area contributed by atoms with Gasteiger partial charge in [0.25, 0.3) is 0 Å². The zero-order valence-electron chi connectivity index (χ0n) is 23.6. The molecular formula is C30H36BrFN4O4S. The Hall–Kier alpha value is -3.28. The van der Waals surface area contributed by atoms with Crippen LogP contribution in [0.5, 0.6) is 0 Å². The van der Waals surface area contributed by atoms with Crippen LogP contribution < -0.4 is 9.62 Å². The number of para-hydroxylation sites is 1. The first-order chi connectivity index (χ1) is 19.4. The van der Waals surface area contributed by atoms with E-state index in [4.69, 9.17) is 0 Å². The molecule has 0 aliphatic heterocycles. The number of hydrogen-bond donors (Lipinski definition) is 1. The summed E-state index contributed by atoms with van der Waals surface area (Å²) in [6, 6.07) is 21.0. The lowest BCUT2D eigenvalue weighted by molar-refractivity contribution is -0.140. The molecule has 0 aliphatic carbocycles. The molecule has 1 N–H and O–H groups in total. The molecule has 0 unspecified atom stereocenters. The molecule has 0 aromatic heterocycles. The highest BCUT2D eigenvalue weighted by atomic mass is 79.9. The number of benzene rings is 3. The summed E-state index contributed by atoms with van der Waals surface area (Å²) >= 11 is 3.41. The Morgan fingerprint density at radius 2 is 1.51 bits per heavy atom. The number of carbonyl (C=O) groups excluding carboxylic acids is 2. The fraction of sp³-hybridized carbons (Fsp3) is 0.333. The van der Waals surface area contributed by atoms with E-state index in [9.17, 15) is 22.4 Å². The Kier molecular flexibility index (Phi) is 11.5. The summed E-state index contributed by atoms with van der Waals surface area (Å²) in [6.45, 7) is 3.67. The van der Waals surface area contributed by atoms with Gasteiger partial charge in [0.15, 0.2) is 0 Å². The number of amides is 2. The molecule has 220 valence electrons. The van der Waals surface area contributed by atoms with E-state index in [-0.39, 0.29) is 30.5 Å². The maximum absolute atomic E-state index is 14.9. The molecule has 0 saturated carbocycles. The summed E-state index contributed by atoms with van der Waals surface area (Å²) in [6.07, 6.45) is 0.202. The molecule has 0 fully saturated rings. The molecule has 3 rings (SSSR count). The Balaban J connectivity index is 2.09. The van der Waals surface area contributed by atoms with E-state index in [1.165, 1.54) is 37.2 Å². The summed E-state index contributed by atoms with van der Waals surface area (Å²) in [5.41, 5.74) is 1.31. The molecule has 3 aromatic rings. The van der Waals surface area contributed by atoms with E-state index in [1.807, 2.05) is 68.4 Å². The minimum Gasteiger partial charge on any atom is -0.354 e. The van der Waals surface area contributed by atoms with Crippen LogP contribution in [0.15, 0.2) is 83.3 Å². The third-order valence-corrected chi connectivity index (χ3v) is 8.70. The van der Waals surface area contributed by atoms with Crippen LogP contribution >= 0.6 is 15.9 Å². The van der Waals surface area contributed by atoms with Crippen LogP contribution in [-0.2, 0) is 32.8 Å². The summed E-state index contributed by atoms with van der Waals surface area (Å²) in [5, 5.41) is 2.93. The van der Waals surface area contributed by atoms with Gasteiger partial charge in [-0.05, 0) is 41.3 Å². The predicted molar refractivity (Wildman–Crippen MR) is 163 cm³/mol. The van der Waals surface area contributed by atoms with Gasteiger partial charge < -0.3 is 10.2 Å². The van der Waals surface area contributed by atoms with Crippen LogP contribution in [-0.4, -0.2) is 62.7 Å². The number of hydrogen-bond acceptors (Lipinski definition) is 4. The monoisotopic (exact) mass is 646 g/mol. The summed E-state index contributed by atoms with van der Waals surface area (Å²) < 4.78 is 44.1. The number of rotatable bonds is 13. The molecule has 0 spiro atoms. The second-order valence-corrected chi connectivity index (χ2v) is 13.2. The lowest BCUT2D eigenvalue weighted by Gasteiger charge is -2.34. The molecule has 11 heteroatoms. The van der Waals surface area contributed by atoms with Crippen molar-refractivity contribution in [2.45, 2.75) is 32.9 Å². The maximum atomic E-state index is 14.9. The van der Waals surface area contributed by atoms with Crippen LogP contribution in [0.25, 0.3) is 0 Å². The number of nitrogens with zero attached hydrogens (tertiary/aromatic N) is 3. The van der Waals surface area contributed by atoms with Gasteiger partial charge >= 0.3 is 10.2 Å². The van der Waals surface area contributed by atoms with Crippen molar-refractivity contribution in [3.05, 3.63) is 100 Å². The number of carbonyl (C=O) groups is 2. The Morgan fingerprint density at radius 3 is 2.10 bits per heavy atom. The van der Waals surface area contributed by atoms with E-state index in [2.05, 4.69) is 21.2 Å². The minimum absolute atomic E-state index is 0.0336. The van der Waals surface area contributed by atoms with Gasteiger partial charge in [-0.15, -0.1) is 0 Å². The van der Waals surface area contributed by atoms with Gasteiger partial charge in [0.05, 0.1) is 5.69 Å². The van der Waals surface area contributed by atoms with Gasteiger partial charge in [-0.1, -0.05) is 84.4 Å². The third kappa shape index (κ3) is 8.85. The van der Waals surface area contributed by atoms with Gasteiger partial charge in [0, 0.05) is 38.1 Å². The molecule has 3 aromatic carbocycles. The van der Waals surface area contributed by atoms with Crippen molar-refractivity contribution in [3.63, 3.8) is 0 Å². The second kappa shape index (κ2) is 14.6. The molecule has 8 nitrogen and oxygen atoms in total. The van der Waals surface area contributed by atoms with E-state index in [0.717, 1.165) is 30.3 Å². The minimum atomic E-state index is -4.28. The average Bonchev–Trinajstić information content (AvgIpc) is 2.94. The van der Waals surface area contributed by atoms with Crippen molar-refractivity contribution >= 4 is 43.6 Å². The standard InChI is InChI=1S/C30H36BrFN4O4S/c1-22(2)19-33-30(38)28(18-23-10-6-5-7-11-23)35(20-24-14-16-25(31)17-15-24)29(37)21-36(41(39,40)34(3)4)27-13-9-8-12-26(27)32/h5-17,22,28H,18-21H2,1-4H3,(H,33,38)/t28-/m1/s1.